The number of amides is 1. The number of nitrogens with one attached hydrogen (secondary N) is 1. The summed E-state index contributed by atoms with van der Waals surface area (Å²) in [6.45, 7) is 9.14. The molecular weight excluding hydrogens is 226 g/mol. The van der Waals surface area contributed by atoms with Gasteiger partial charge < -0.3 is 16.0 Å². The summed E-state index contributed by atoms with van der Waals surface area (Å²) in [4.78, 5) is 14.0. The number of carbonyl (C=O) groups is 1. The van der Waals surface area contributed by atoms with Crippen molar-refractivity contribution < 1.29 is 4.79 Å². The highest BCUT2D eigenvalue weighted by Gasteiger charge is 2.17. The number of hydrogen-bond acceptors (Lipinski definition) is 3. The smallest absolute Gasteiger partial charge is 0.220 e. The van der Waals surface area contributed by atoms with Gasteiger partial charge in [0.1, 0.15) is 0 Å². The van der Waals surface area contributed by atoms with Gasteiger partial charge in [0.25, 0.3) is 0 Å². The minimum Gasteiger partial charge on any atom is -0.352 e. The summed E-state index contributed by atoms with van der Waals surface area (Å²) in [6, 6.07) is 0.230. The van der Waals surface area contributed by atoms with E-state index in [-0.39, 0.29) is 17.5 Å². The highest BCUT2D eigenvalue weighted by atomic mass is 16.1. The van der Waals surface area contributed by atoms with Gasteiger partial charge in [-0.15, -0.1) is 0 Å². The normalized spacial score (nSPS) is 14.1. The summed E-state index contributed by atoms with van der Waals surface area (Å²) in [6.07, 6.45) is 2.23. The predicted molar refractivity (Wildman–Crippen MR) is 77.4 cm³/mol. The zero-order valence-electron chi connectivity index (χ0n) is 12.9. The Hall–Kier alpha value is -0.610. The SMILES string of the molecule is CC(C)CC(CN(C)C)NC(=O)CCC(C)(C)N. The Morgan fingerprint density at radius 1 is 1.33 bits per heavy atom. The first kappa shape index (κ1) is 17.4. The molecule has 0 bridgehead atoms. The van der Waals surface area contributed by atoms with Crippen LogP contribution in [0.25, 0.3) is 0 Å². The molecule has 1 unspecified atom stereocenters. The molecule has 0 saturated carbocycles. The standard InChI is InChI=1S/C14H31N3O/c1-11(2)9-12(10-17(5)6)16-13(18)7-8-14(3,4)15/h11-12H,7-10,15H2,1-6H3,(H,16,18). The fourth-order valence-electron chi connectivity index (χ4n) is 1.92. The summed E-state index contributed by atoms with van der Waals surface area (Å²) in [5.41, 5.74) is 5.62. The lowest BCUT2D eigenvalue weighted by Crippen LogP contribution is -2.43. The van der Waals surface area contributed by atoms with Gasteiger partial charge >= 0.3 is 0 Å². The molecule has 0 aromatic heterocycles. The van der Waals surface area contributed by atoms with Crippen LogP contribution in [-0.2, 0) is 4.79 Å². The van der Waals surface area contributed by atoms with Crippen LogP contribution in [0.15, 0.2) is 0 Å². The van der Waals surface area contributed by atoms with Crippen LogP contribution in [0.5, 0.6) is 0 Å². The highest BCUT2D eigenvalue weighted by Crippen LogP contribution is 2.09. The molecule has 3 N–H and O–H groups in total. The molecule has 108 valence electrons. The van der Waals surface area contributed by atoms with E-state index in [0.717, 1.165) is 19.4 Å². The van der Waals surface area contributed by atoms with Crippen LogP contribution in [0.2, 0.25) is 0 Å². The van der Waals surface area contributed by atoms with Crippen molar-refractivity contribution in [2.24, 2.45) is 11.7 Å². The molecule has 0 aliphatic rings. The molecule has 0 aliphatic carbocycles. The summed E-state index contributed by atoms with van der Waals surface area (Å²) in [5, 5.41) is 3.12. The minimum atomic E-state index is -0.271. The van der Waals surface area contributed by atoms with Gasteiger partial charge in [-0.05, 0) is 46.7 Å². The van der Waals surface area contributed by atoms with E-state index < -0.39 is 0 Å². The number of nitrogens with zero attached hydrogens (tertiary/aromatic N) is 1. The number of nitrogens with two attached hydrogens (primary N) is 1. The second kappa shape index (κ2) is 7.74. The largest absolute Gasteiger partial charge is 0.352 e. The molecule has 18 heavy (non-hydrogen) atoms. The van der Waals surface area contributed by atoms with Crippen molar-refractivity contribution in [1.82, 2.24) is 10.2 Å². The third-order valence-electron chi connectivity index (χ3n) is 2.70. The summed E-state index contributed by atoms with van der Waals surface area (Å²) >= 11 is 0. The molecule has 4 nitrogen and oxygen atoms in total. The Morgan fingerprint density at radius 2 is 1.89 bits per heavy atom. The highest BCUT2D eigenvalue weighted by molar-refractivity contribution is 5.76. The van der Waals surface area contributed by atoms with Gasteiger partial charge in [-0.1, -0.05) is 13.8 Å². The van der Waals surface area contributed by atoms with E-state index >= 15 is 0 Å². The minimum absolute atomic E-state index is 0.112. The summed E-state index contributed by atoms with van der Waals surface area (Å²) in [7, 11) is 4.06. The quantitative estimate of drug-likeness (QED) is 0.694. The first-order valence-electron chi connectivity index (χ1n) is 6.83. The van der Waals surface area contributed by atoms with Crippen LogP contribution in [-0.4, -0.2) is 43.0 Å². The molecule has 0 radical (unpaired) electrons. The van der Waals surface area contributed by atoms with Gasteiger partial charge in [-0.2, -0.15) is 0 Å². The van der Waals surface area contributed by atoms with E-state index in [0.29, 0.717) is 12.3 Å². The van der Waals surface area contributed by atoms with Crippen molar-refractivity contribution in [1.29, 1.82) is 0 Å². The molecule has 1 amide bonds. The Labute approximate surface area is 112 Å². The molecule has 0 aliphatic heterocycles. The second-order valence-electron chi connectivity index (χ2n) is 6.64. The van der Waals surface area contributed by atoms with E-state index in [1.807, 2.05) is 27.9 Å². The maximum absolute atomic E-state index is 11.9. The van der Waals surface area contributed by atoms with Crippen molar-refractivity contribution in [2.45, 2.75) is 58.5 Å². The fraction of sp³-hybridized carbons (Fsp3) is 0.929. The third-order valence-corrected chi connectivity index (χ3v) is 2.70. The van der Waals surface area contributed by atoms with Crippen LogP contribution in [0, 0.1) is 5.92 Å². The van der Waals surface area contributed by atoms with Gasteiger partial charge in [0.05, 0.1) is 0 Å². The molecule has 0 rings (SSSR count). The lowest BCUT2D eigenvalue weighted by Gasteiger charge is -2.25. The van der Waals surface area contributed by atoms with Gasteiger partial charge in [-0.3, -0.25) is 4.79 Å². The van der Waals surface area contributed by atoms with Crippen molar-refractivity contribution in [3.8, 4) is 0 Å². The van der Waals surface area contributed by atoms with Gasteiger partial charge in [0.15, 0.2) is 0 Å². The van der Waals surface area contributed by atoms with Crippen LogP contribution in [0.4, 0.5) is 0 Å². The van der Waals surface area contributed by atoms with Gasteiger partial charge in [0, 0.05) is 24.5 Å². The summed E-state index contributed by atoms with van der Waals surface area (Å²) in [5.74, 6) is 0.697. The van der Waals surface area contributed by atoms with Crippen molar-refractivity contribution >= 4 is 5.91 Å². The summed E-state index contributed by atoms with van der Waals surface area (Å²) < 4.78 is 0. The van der Waals surface area contributed by atoms with Crippen molar-refractivity contribution in [2.75, 3.05) is 20.6 Å². The Balaban J connectivity index is 4.17. The molecular formula is C14H31N3O. The molecule has 0 aromatic rings. The maximum Gasteiger partial charge on any atom is 0.220 e. The van der Waals surface area contributed by atoms with Gasteiger partial charge in [0.2, 0.25) is 5.91 Å². The monoisotopic (exact) mass is 257 g/mol. The van der Waals surface area contributed by atoms with E-state index in [1.165, 1.54) is 0 Å². The molecule has 0 heterocycles. The Morgan fingerprint density at radius 3 is 2.28 bits per heavy atom. The lowest BCUT2D eigenvalue weighted by molar-refractivity contribution is -0.122. The molecule has 0 spiro atoms. The number of hydrogen-bond donors (Lipinski definition) is 2. The predicted octanol–water partition coefficient (Wildman–Crippen LogP) is 1.60. The first-order chi connectivity index (χ1) is 8.10. The average molecular weight is 257 g/mol. The fourth-order valence-corrected chi connectivity index (χ4v) is 1.92. The van der Waals surface area contributed by atoms with Crippen LogP contribution < -0.4 is 11.1 Å². The van der Waals surface area contributed by atoms with E-state index in [4.69, 9.17) is 5.73 Å². The van der Waals surface area contributed by atoms with E-state index in [9.17, 15) is 4.79 Å². The van der Waals surface area contributed by atoms with Crippen LogP contribution in [0.1, 0.15) is 47.0 Å². The van der Waals surface area contributed by atoms with E-state index in [1.54, 1.807) is 0 Å². The van der Waals surface area contributed by atoms with Gasteiger partial charge in [-0.25, -0.2) is 0 Å². The van der Waals surface area contributed by atoms with Crippen LogP contribution in [0.3, 0.4) is 0 Å². The molecule has 0 fully saturated rings. The van der Waals surface area contributed by atoms with E-state index in [2.05, 4.69) is 24.1 Å². The average Bonchev–Trinajstić information content (AvgIpc) is 2.11. The second-order valence-corrected chi connectivity index (χ2v) is 6.64. The molecule has 0 aromatic carbocycles. The molecule has 0 saturated heterocycles. The third kappa shape index (κ3) is 10.5. The first-order valence-corrected chi connectivity index (χ1v) is 6.83. The molecule has 1 atom stereocenters. The zero-order valence-corrected chi connectivity index (χ0v) is 12.9. The number of likely N-dealkylation sites (N-methyl/N-ethyl adjacent to an activating group) is 1. The zero-order chi connectivity index (χ0) is 14.3. The Kier molecular flexibility index (Phi) is 7.48. The van der Waals surface area contributed by atoms with Crippen LogP contribution >= 0.6 is 0 Å². The van der Waals surface area contributed by atoms with Crippen molar-refractivity contribution in [3.05, 3.63) is 0 Å². The number of carbonyl (C=O) groups excluding carboxylic acids is 1. The number of rotatable bonds is 8. The lowest BCUT2D eigenvalue weighted by atomic mass is 9.99. The Bertz CT molecular complexity index is 234. The van der Waals surface area contributed by atoms with Crippen molar-refractivity contribution in [3.63, 3.8) is 0 Å². The maximum atomic E-state index is 11.9. The topological polar surface area (TPSA) is 58.4 Å². The molecule has 4 heteroatoms.